The van der Waals surface area contributed by atoms with Crippen LogP contribution >= 0.6 is 0 Å². The van der Waals surface area contributed by atoms with Crippen molar-refractivity contribution < 1.29 is 14.4 Å². The molecular weight excluding hydrogens is 210 g/mol. The van der Waals surface area contributed by atoms with Crippen LogP contribution in [-0.4, -0.2) is 12.0 Å². The van der Waals surface area contributed by atoms with Crippen LogP contribution in [-0.2, 0) is 9.63 Å². The summed E-state index contributed by atoms with van der Waals surface area (Å²) in [6.07, 6.45) is 0. The Labute approximate surface area is 92.5 Å². The third kappa shape index (κ3) is 2.96. The molecule has 1 aromatic rings. The van der Waals surface area contributed by atoms with Gasteiger partial charge in [-0.1, -0.05) is 12.1 Å². The maximum absolute atomic E-state index is 11.2. The second kappa shape index (κ2) is 5.13. The van der Waals surface area contributed by atoms with Crippen molar-refractivity contribution in [2.24, 2.45) is 11.6 Å². The fourth-order valence-corrected chi connectivity index (χ4v) is 1.27. The third-order valence-corrected chi connectivity index (χ3v) is 2.12. The number of anilines is 1. The van der Waals surface area contributed by atoms with E-state index in [1.807, 2.05) is 0 Å². The number of urea groups is 1. The van der Waals surface area contributed by atoms with E-state index in [2.05, 4.69) is 10.2 Å². The highest BCUT2D eigenvalue weighted by atomic mass is 16.7. The summed E-state index contributed by atoms with van der Waals surface area (Å²) < 4.78 is 0. The van der Waals surface area contributed by atoms with Gasteiger partial charge < -0.3 is 15.9 Å². The van der Waals surface area contributed by atoms with Crippen LogP contribution in [0.15, 0.2) is 24.3 Å². The lowest BCUT2D eigenvalue weighted by molar-refractivity contribution is -0.145. The number of carbonyl (C=O) groups excluding carboxylic acids is 2. The Bertz CT molecular complexity index is 406. The van der Waals surface area contributed by atoms with Crippen LogP contribution < -0.4 is 16.9 Å². The van der Waals surface area contributed by atoms with E-state index in [1.165, 1.54) is 0 Å². The van der Waals surface area contributed by atoms with Gasteiger partial charge in [-0.15, -0.1) is 0 Å². The summed E-state index contributed by atoms with van der Waals surface area (Å²) in [7, 11) is 0. The molecule has 1 rings (SSSR count). The van der Waals surface area contributed by atoms with Crippen LogP contribution in [0.2, 0.25) is 0 Å². The lowest BCUT2D eigenvalue weighted by atomic mass is 10.0. The van der Waals surface area contributed by atoms with Crippen LogP contribution in [0.5, 0.6) is 0 Å². The molecule has 0 saturated heterocycles. The van der Waals surface area contributed by atoms with E-state index in [1.54, 1.807) is 31.2 Å². The molecule has 0 spiro atoms. The van der Waals surface area contributed by atoms with Crippen LogP contribution in [0.25, 0.3) is 0 Å². The van der Waals surface area contributed by atoms with Crippen LogP contribution in [0.3, 0.4) is 0 Å². The first-order valence-electron chi connectivity index (χ1n) is 4.61. The minimum atomic E-state index is -0.661. The number of hydrogen-bond acceptors (Lipinski definition) is 4. The smallest absolute Gasteiger partial charge is 0.331 e. The molecule has 86 valence electrons. The monoisotopic (exact) mass is 223 g/mol. The van der Waals surface area contributed by atoms with E-state index in [4.69, 9.17) is 11.6 Å². The molecule has 0 aliphatic heterocycles. The Balaban J connectivity index is 2.89. The molecule has 0 radical (unpaired) electrons. The summed E-state index contributed by atoms with van der Waals surface area (Å²) in [5.74, 6) is 3.74. The maximum Gasteiger partial charge on any atom is 0.331 e. The molecular formula is C10H13N3O3. The quantitative estimate of drug-likeness (QED) is 0.655. The molecule has 0 fully saturated rings. The van der Waals surface area contributed by atoms with Crippen molar-refractivity contribution >= 4 is 17.7 Å². The fourth-order valence-electron chi connectivity index (χ4n) is 1.27. The van der Waals surface area contributed by atoms with Gasteiger partial charge >= 0.3 is 12.0 Å². The molecule has 2 amide bonds. The molecule has 0 saturated carbocycles. The zero-order chi connectivity index (χ0) is 12.1. The van der Waals surface area contributed by atoms with Crippen LogP contribution in [0.1, 0.15) is 18.4 Å². The van der Waals surface area contributed by atoms with Gasteiger partial charge in [-0.05, 0) is 24.6 Å². The minimum Gasteiger partial charge on any atom is -0.373 e. The van der Waals surface area contributed by atoms with E-state index < -0.39 is 17.9 Å². The van der Waals surface area contributed by atoms with Crippen molar-refractivity contribution in [2.75, 3.05) is 5.32 Å². The molecule has 0 aliphatic carbocycles. The first-order valence-corrected chi connectivity index (χ1v) is 4.61. The molecule has 0 bridgehead atoms. The highest BCUT2D eigenvalue weighted by Gasteiger charge is 2.16. The maximum atomic E-state index is 11.2. The first kappa shape index (κ1) is 12.0. The van der Waals surface area contributed by atoms with E-state index >= 15 is 0 Å². The van der Waals surface area contributed by atoms with E-state index in [0.717, 1.165) is 0 Å². The molecule has 6 nitrogen and oxygen atoms in total. The SMILES string of the molecule is CC(C(=O)ON)c1cccc(NC(N)=O)c1. The number of nitrogens with two attached hydrogens (primary N) is 2. The van der Waals surface area contributed by atoms with E-state index in [9.17, 15) is 9.59 Å². The van der Waals surface area contributed by atoms with Crippen LogP contribution in [0.4, 0.5) is 10.5 Å². The second-order valence-electron chi connectivity index (χ2n) is 3.27. The van der Waals surface area contributed by atoms with Gasteiger partial charge in [0, 0.05) is 5.69 Å². The van der Waals surface area contributed by atoms with Gasteiger partial charge in [-0.3, -0.25) is 0 Å². The Hall–Kier alpha value is -2.08. The molecule has 6 heteroatoms. The van der Waals surface area contributed by atoms with Gasteiger partial charge in [0.25, 0.3) is 0 Å². The molecule has 1 aromatic carbocycles. The number of amides is 2. The molecule has 1 unspecified atom stereocenters. The Kier molecular flexibility index (Phi) is 3.84. The minimum absolute atomic E-state index is 0.500. The first-order chi connectivity index (χ1) is 7.54. The fraction of sp³-hybridized carbons (Fsp3) is 0.200. The lowest BCUT2D eigenvalue weighted by Gasteiger charge is -2.10. The molecule has 1 atom stereocenters. The molecule has 0 heterocycles. The van der Waals surface area contributed by atoms with Crippen molar-refractivity contribution in [1.29, 1.82) is 0 Å². The highest BCUT2D eigenvalue weighted by molar-refractivity contribution is 5.88. The zero-order valence-corrected chi connectivity index (χ0v) is 8.77. The predicted molar refractivity (Wildman–Crippen MR) is 58.3 cm³/mol. The van der Waals surface area contributed by atoms with Gasteiger partial charge in [-0.2, -0.15) is 5.90 Å². The summed E-state index contributed by atoms with van der Waals surface area (Å²) in [4.78, 5) is 26.0. The number of benzene rings is 1. The summed E-state index contributed by atoms with van der Waals surface area (Å²) in [5, 5.41) is 2.41. The summed E-state index contributed by atoms with van der Waals surface area (Å²) >= 11 is 0. The number of nitrogens with one attached hydrogen (secondary N) is 1. The summed E-state index contributed by atoms with van der Waals surface area (Å²) in [5.41, 5.74) is 6.17. The van der Waals surface area contributed by atoms with Crippen molar-refractivity contribution in [3.05, 3.63) is 29.8 Å². The Morgan fingerprint density at radius 1 is 1.44 bits per heavy atom. The Morgan fingerprint density at radius 2 is 2.12 bits per heavy atom. The predicted octanol–water partition coefficient (Wildman–Crippen LogP) is 0.698. The lowest BCUT2D eigenvalue weighted by Crippen LogP contribution is -2.20. The van der Waals surface area contributed by atoms with Crippen molar-refractivity contribution in [2.45, 2.75) is 12.8 Å². The normalized spacial score (nSPS) is 11.6. The highest BCUT2D eigenvalue weighted by Crippen LogP contribution is 2.19. The van der Waals surface area contributed by atoms with Crippen molar-refractivity contribution in [1.82, 2.24) is 0 Å². The molecule has 16 heavy (non-hydrogen) atoms. The number of carbonyl (C=O) groups is 2. The van der Waals surface area contributed by atoms with Gasteiger partial charge in [0.15, 0.2) is 0 Å². The molecule has 0 aliphatic rings. The van der Waals surface area contributed by atoms with Crippen LogP contribution in [0, 0.1) is 0 Å². The third-order valence-electron chi connectivity index (χ3n) is 2.12. The molecule has 5 N–H and O–H groups in total. The summed E-state index contributed by atoms with van der Waals surface area (Å²) in [6.45, 7) is 1.65. The topological polar surface area (TPSA) is 107 Å². The Morgan fingerprint density at radius 3 is 2.69 bits per heavy atom. The van der Waals surface area contributed by atoms with Gasteiger partial charge in [0.2, 0.25) is 0 Å². The average molecular weight is 223 g/mol. The largest absolute Gasteiger partial charge is 0.373 e. The van der Waals surface area contributed by atoms with Gasteiger partial charge in [-0.25, -0.2) is 9.59 Å². The van der Waals surface area contributed by atoms with Crippen molar-refractivity contribution in [3.63, 3.8) is 0 Å². The number of primary amides is 1. The second-order valence-corrected chi connectivity index (χ2v) is 3.27. The van der Waals surface area contributed by atoms with Gasteiger partial charge in [0.1, 0.15) is 0 Å². The average Bonchev–Trinajstić information content (AvgIpc) is 2.26. The van der Waals surface area contributed by atoms with Gasteiger partial charge in [0.05, 0.1) is 5.92 Å². The van der Waals surface area contributed by atoms with E-state index in [-0.39, 0.29) is 0 Å². The van der Waals surface area contributed by atoms with Crippen molar-refractivity contribution in [3.8, 4) is 0 Å². The number of hydrogen-bond donors (Lipinski definition) is 3. The standard InChI is InChI=1S/C10H13N3O3/c1-6(9(14)16-12)7-3-2-4-8(5-7)13-10(11)15/h2-6H,12H2,1H3,(H3,11,13,15). The summed E-state index contributed by atoms with van der Waals surface area (Å²) in [6, 6.07) is 6.06. The number of rotatable bonds is 3. The van der Waals surface area contributed by atoms with E-state index in [0.29, 0.717) is 11.3 Å². The zero-order valence-electron chi connectivity index (χ0n) is 8.77. The molecule has 0 aromatic heterocycles.